The lowest BCUT2D eigenvalue weighted by Crippen LogP contribution is -2.39. The molecule has 1 aliphatic carbocycles. The van der Waals surface area contributed by atoms with Crippen molar-refractivity contribution in [2.45, 2.75) is 30.2 Å². The number of hydrogen-bond donors (Lipinski definition) is 2. The van der Waals surface area contributed by atoms with Crippen LogP contribution < -0.4 is 14.8 Å². The molecule has 1 aromatic heterocycles. The number of rotatable bonds is 7. The molecular weight excluding hydrogens is 366 g/mol. The first kappa shape index (κ1) is 18.6. The molecule has 0 radical (unpaired) electrons. The fourth-order valence-electron chi connectivity index (χ4n) is 2.38. The summed E-state index contributed by atoms with van der Waals surface area (Å²) in [5.41, 5.74) is 0.754. The second-order valence-corrected chi connectivity index (χ2v) is 7.63. The Morgan fingerprint density at radius 3 is 2.63 bits per heavy atom. The third-order valence-corrected chi connectivity index (χ3v) is 5.55. The Morgan fingerprint density at radius 2 is 2.04 bits per heavy atom. The van der Waals surface area contributed by atoms with E-state index in [4.69, 9.17) is 16.4 Å². The number of terminal acetylenes is 1. The molecule has 0 bridgehead atoms. The van der Waals surface area contributed by atoms with Gasteiger partial charge in [0.2, 0.25) is 21.9 Å². The van der Waals surface area contributed by atoms with E-state index in [2.05, 4.69) is 25.9 Å². The third kappa shape index (κ3) is 4.53. The van der Waals surface area contributed by atoms with Crippen LogP contribution >= 0.6 is 0 Å². The lowest BCUT2D eigenvalue weighted by Gasteiger charge is -2.26. The molecule has 27 heavy (non-hydrogen) atoms. The van der Waals surface area contributed by atoms with E-state index in [9.17, 15) is 8.42 Å². The van der Waals surface area contributed by atoms with Crippen LogP contribution in [0, 0.1) is 23.7 Å². The topological polar surface area (TPSA) is 117 Å². The fraction of sp³-hybridized carbons (Fsp3) is 0.278. The average Bonchev–Trinajstić information content (AvgIpc) is 2.64. The minimum Gasteiger partial charge on any atom is -0.463 e. The second-order valence-electron chi connectivity index (χ2n) is 5.92. The first-order valence-corrected chi connectivity index (χ1v) is 9.73. The zero-order valence-corrected chi connectivity index (χ0v) is 15.2. The van der Waals surface area contributed by atoms with Crippen molar-refractivity contribution in [3.05, 3.63) is 36.0 Å². The molecule has 2 aromatic rings. The zero-order chi connectivity index (χ0) is 19.3. The quantitative estimate of drug-likeness (QED) is 0.702. The number of nitriles is 1. The van der Waals surface area contributed by atoms with Gasteiger partial charge in [0.15, 0.2) is 6.61 Å². The van der Waals surface area contributed by atoms with Crippen LogP contribution in [0.15, 0.2) is 35.4 Å². The first-order chi connectivity index (χ1) is 13.0. The Labute approximate surface area is 157 Å². The summed E-state index contributed by atoms with van der Waals surface area (Å²) in [6, 6.07) is 8.18. The van der Waals surface area contributed by atoms with Gasteiger partial charge in [-0.25, -0.2) is 18.1 Å². The average molecular weight is 383 g/mol. The van der Waals surface area contributed by atoms with Gasteiger partial charge in [-0.3, -0.25) is 0 Å². The maximum Gasteiger partial charge on any atom is 0.240 e. The Morgan fingerprint density at radius 1 is 1.30 bits per heavy atom. The summed E-state index contributed by atoms with van der Waals surface area (Å²) in [4.78, 5) is 8.34. The van der Waals surface area contributed by atoms with Crippen LogP contribution in [-0.2, 0) is 10.0 Å². The predicted octanol–water partition coefficient (Wildman–Crippen LogP) is 1.93. The molecule has 3 rings (SSSR count). The van der Waals surface area contributed by atoms with Gasteiger partial charge in [-0.15, -0.1) is 6.42 Å². The molecule has 1 heterocycles. The van der Waals surface area contributed by atoms with Crippen LogP contribution in [0.2, 0.25) is 0 Å². The molecule has 0 saturated heterocycles. The van der Waals surface area contributed by atoms with Crippen LogP contribution in [0.25, 0.3) is 0 Å². The molecule has 1 fully saturated rings. The predicted molar refractivity (Wildman–Crippen MR) is 98.8 cm³/mol. The lowest BCUT2D eigenvalue weighted by atomic mass is 9.94. The Bertz CT molecular complexity index is 1000. The highest BCUT2D eigenvalue weighted by atomic mass is 32.2. The number of sulfonamides is 1. The van der Waals surface area contributed by atoms with Gasteiger partial charge in [-0.1, -0.05) is 12.3 Å². The van der Waals surface area contributed by atoms with Crippen LogP contribution in [0.3, 0.4) is 0 Å². The number of ether oxygens (including phenoxy) is 1. The van der Waals surface area contributed by atoms with Crippen molar-refractivity contribution in [1.82, 2.24) is 14.7 Å². The van der Waals surface area contributed by atoms with E-state index < -0.39 is 10.0 Å². The van der Waals surface area contributed by atoms with Crippen molar-refractivity contribution >= 4 is 21.7 Å². The number of benzene rings is 1. The van der Waals surface area contributed by atoms with Gasteiger partial charge < -0.3 is 10.1 Å². The molecule has 0 atom stereocenters. The molecular formula is C18H17N5O3S. The molecule has 0 unspecified atom stereocenters. The highest BCUT2D eigenvalue weighted by molar-refractivity contribution is 7.89. The molecule has 1 aliphatic rings. The minimum absolute atomic E-state index is 0.0221. The normalized spacial score (nSPS) is 13.9. The zero-order valence-electron chi connectivity index (χ0n) is 14.3. The highest BCUT2D eigenvalue weighted by Crippen LogP contribution is 2.23. The van der Waals surface area contributed by atoms with E-state index in [0.717, 1.165) is 19.3 Å². The van der Waals surface area contributed by atoms with Crippen molar-refractivity contribution in [1.29, 1.82) is 5.26 Å². The van der Waals surface area contributed by atoms with Gasteiger partial charge >= 0.3 is 0 Å². The number of nitrogens with one attached hydrogen (secondary N) is 2. The van der Waals surface area contributed by atoms with E-state index in [1.165, 1.54) is 18.3 Å². The van der Waals surface area contributed by atoms with Crippen LogP contribution in [0.1, 0.15) is 24.8 Å². The van der Waals surface area contributed by atoms with Crippen molar-refractivity contribution in [2.24, 2.45) is 0 Å². The van der Waals surface area contributed by atoms with Crippen LogP contribution in [-0.4, -0.2) is 31.0 Å². The standard InChI is InChI=1S/C18H17N5O3S/c1-2-10-26-17-13(11-19)12-20-18(22-17)21-14-6-8-16(9-7-14)27(24,25)23-15-4-3-5-15/h1,6-9,12,15,23H,3-5,10H2,(H,20,21,22). The summed E-state index contributed by atoms with van der Waals surface area (Å²) >= 11 is 0. The second kappa shape index (κ2) is 8.04. The van der Waals surface area contributed by atoms with E-state index in [0.29, 0.717) is 5.69 Å². The molecule has 8 nitrogen and oxygen atoms in total. The largest absolute Gasteiger partial charge is 0.463 e. The number of nitrogens with zero attached hydrogens (tertiary/aromatic N) is 3. The summed E-state index contributed by atoms with van der Waals surface area (Å²) in [5.74, 6) is 2.58. The van der Waals surface area contributed by atoms with Crippen LogP contribution in [0.4, 0.5) is 11.6 Å². The highest BCUT2D eigenvalue weighted by Gasteiger charge is 2.24. The smallest absolute Gasteiger partial charge is 0.240 e. The van der Waals surface area contributed by atoms with Crippen molar-refractivity contribution in [3.8, 4) is 24.3 Å². The van der Waals surface area contributed by atoms with Gasteiger partial charge in [0.05, 0.1) is 11.1 Å². The molecule has 0 aliphatic heterocycles. The van der Waals surface area contributed by atoms with E-state index in [-0.39, 0.29) is 34.9 Å². The molecule has 1 saturated carbocycles. The molecule has 9 heteroatoms. The lowest BCUT2D eigenvalue weighted by molar-refractivity contribution is 0.354. The summed E-state index contributed by atoms with van der Waals surface area (Å²) in [7, 11) is -3.52. The number of hydrogen-bond acceptors (Lipinski definition) is 7. The summed E-state index contributed by atoms with van der Waals surface area (Å²) < 4.78 is 32.5. The van der Waals surface area contributed by atoms with Gasteiger partial charge in [-0.05, 0) is 37.1 Å². The summed E-state index contributed by atoms with van der Waals surface area (Å²) in [6.45, 7) is -0.0221. The monoisotopic (exact) mass is 383 g/mol. The van der Waals surface area contributed by atoms with Gasteiger partial charge in [0, 0.05) is 11.7 Å². The fourth-order valence-corrected chi connectivity index (χ4v) is 3.69. The first-order valence-electron chi connectivity index (χ1n) is 8.24. The van der Waals surface area contributed by atoms with Crippen molar-refractivity contribution < 1.29 is 13.2 Å². The minimum atomic E-state index is -3.52. The van der Waals surface area contributed by atoms with Crippen molar-refractivity contribution in [2.75, 3.05) is 11.9 Å². The maximum atomic E-state index is 12.3. The SMILES string of the molecule is C#CCOc1nc(Nc2ccc(S(=O)(=O)NC3CCC3)cc2)ncc1C#N. The van der Waals surface area contributed by atoms with E-state index in [1.54, 1.807) is 12.1 Å². The number of anilines is 2. The summed E-state index contributed by atoms with van der Waals surface area (Å²) in [5, 5.41) is 12.0. The Kier molecular flexibility index (Phi) is 5.55. The Hall–Kier alpha value is -3.14. The van der Waals surface area contributed by atoms with Gasteiger partial charge in [-0.2, -0.15) is 10.2 Å². The third-order valence-electron chi connectivity index (χ3n) is 4.01. The summed E-state index contributed by atoms with van der Waals surface area (Å²) in [6.07, 6.45) is 9.27. The Balaban J connectivity index is 1.73. The molecule has 138 valence electrons. The van der Waals surface area contributed by atoms with Crippen LogP contribution in [0.5, 0.6) is 5.88 Å². The molecule has 0 amide bonds. The van der Waals surface area contributed by atoms with Gasteiger partial charge in [0.1, 0.15) is 11.6 Å². The maximum absolute atomic E-state index is 12.3. The van der Waals surface area contributed by atoms with E-state index >= 15 is 0 Å². The molecule has 0 spiro atoms. The molecule has 2 N–H and O–H groups in total. The van der Waals surface area contributed by atoms with E-state index in [1.807, 2.05) is 6.07 Å². The molecule has 1 aromatic carbocycles. The van der Waals surface area contributed by atoms with Gasteiger partial charge in [0.25, 0.3) is 0 Å². The van der Waals surface area contributed by atoms with Crippen molar-refractivity contribution in [3.63, 3.8) is 0 Å². The number of aromatic nitrogens is 2.